The van der Waals surface area contributed by atoms with Crippen LogP contribution >= 0.6 is 0 Å². The first kappa shape index (κ1) is 28.6. The number of amides is 2. The SMILES string of the molecule is CCCCNC(=O)[C@@H](Cc1ccccc1)N(Cc1ccc(OC)cc1)C(=O)Cc1ccc(OC)c(OC)c1. The zero-order valence-corrected chi connectivity index (χ0v) is 22.7. The second-order valence-electron chi connectivity index (χ2n) is 9.09. The van der Waals surface area contributed by atoms with Gasteiger partial charge in [-0.3, -0.25) is 9.59 Å². The van der Waals surface area contributed by atoms with E-state index in [9.17, 15) is 9.59 Å². The fraction of sp³-hybridized carbons (Fsp3) is 0.355. The number of carbonyl (C=O) groups is 2. The van der Waals surface area contributed by atoms with Crippen molar-refractivity contribution in [2.24, 2.45) is 0 Å². The monoisotopic (exact) mass is 518 g/mol. The molecule has 0 aliphatic rings. The predicted octanol–water partition coefficient (Wildman–Crippen LogP) is 4.81. The van der Waals surface area contributed by atoms with Crippen LogP contribution in [0.4, 0.5) is 0 Å². The van der Waals surface area contributed by atoms with E-state index < -0.39 is 6.04 Å². The summed E-state index contributed by atoms with van der Waals surface area (Å²) in [7, 11) is 4.76. The van der Waals surface area contributed by atoms with Gasteiger partial charge in [-0.1, -0.05) is 61.9 Å². The standard InChI is InChI=1S/C31H38N2O5/c1-5-6-18-32-31(35)27(19-23-10-8-7-9-11-23)33(22-24-12-15-26(36-2)16-13-24)30(34)21-25-14-17-28(37-3)29(20-25)38-4/h7-17,20,27H,5-6,18-19,21-22H2,1-4H3,(H,32,35)/t27-/m1/s1. The van der Waals surface area contributed by atoms with Gasteiger partial charge in [-0.05, 0) is 47.4 Å². The number of nitrogens with one attached hydrogen (secondary N) is 1. The minimum atomic E-state index is -0.677. The van der Waals surface area contributed by atoms with E-state index in [1.807, 2.05) is 60.7 Å². The molecule has 202 valence electrons. The molecular weight excluding hydrogens is 480 g/mol. The van der Waals surface area contributed by atoms with Crippen molar-refractivity contribution in [2.45, 2.75) is 45.2 Å². The van der Waals surface area contributed by atoms with Crippen LogP contribution in [-0.4, -0.2) is 50.6 Å². The Morgan fingerprint density at radius 1 is 0.816 bits per heavy atom. The van der Waals surface area contributed by atoms with Gasteiger partial charge in [0.2, 0.25) is 11.8 Å². The maximum absolute atomic E-state index is 13.9. The summed E-state index contributed by atoms with van der Waals surface area (Å²) in [6.45, 7) is 2.94. The quantitative estimate of drug-likeness (QED) is 0.310. The molecule has 0 spiro atoms. The largest absolute Gasteiger partial charge is 0.497 e. The number of nitrogens with zero attached hydrogens (tertiary/aromatic N) is 1. The number of rotatable bonds is 14. The number of hydrogen-bond donors (Lipinski definition) is 1. The number of methoxy groups -OCH3 is 3. The Morgan fingerprint density at radius 3 is 2.13 bits per heavy atom. The van der Waals surface area contributed by atoms with E-state index in [1.54, 1.807) is 38.4 Å². The summed E-state index contributed by atoms with van der Waals surface area (Å²) in [5.41, 5.74) is 2.67. The van der Waals surface area contributed by atoms with Crippen molar-refractivity contribution in [2.75, 3.05) is 27.9 Å². The van der Waals surface area contributed by atoms with Gasteiger partial charge in [-0.15, -0.1) is 0 Å². The maximum atomic E-state index is 13.9. The average Bonchev–Trinajstić information content (AvgIpc) is 2.95. The zero-order chi connectivity index (χ0) is 27.3. The van der Waals surface area contributed by atoms with Gasteiger partial charge in [0.05, 0.1) is 27.8 Å². The molecule has 0 bridgehead atoms. The van der Waals surface area contributed by atoms with Gasteiger partial charge in [0.25, 0.3) is 0 Å². The predicted molar refractivity (Wildman–Crippen MR) is 149 cm³/mol. The van der Waals surface area contributed by atoms with Crippen molar-refractivity contribution < 1.29 is 23.8 Å². The normalized spacial score (nSPS) is 11.4. The maximum Gasteiger partial charge on any atom is 0.243 e. The minimum Gasteiger partial charge on any atom is -0.497 e. The molecule has 0 saturated heterocycles. The molecule has 0 aliphatic heterocycles. The summed E-state index contributed by atoms with van der Waals surface area (Å²) in [5.74, 6) is 1.57. The highest BCUT2D eigenvalue weighted by atomic mass is 16.5. The number of hydrogen-bond acceptors (Lipinski definition) is 5. The molecule has 2 amide bonds. The molecule has 0 heterocycles. The lowest BCUT2D eigenvalue weighted by Crippen LogP contribution is -2.51. The van der Waals surface area contributed by atoms with Gasteiger partial charge >= 0.3 is 0 Å². The molecule has 0 radical (unpaired) electrons. The molecule has 7 nitrogen and oxygen atoms in total. The Morgan fingerprint density at radius 2 is 1.50 bits per heavy atom. The van der Waals surface area contributed by atoms with Gasteiger partial charge in [0.15, 0.2) is 11.5 Å². The Bertz CT molecular complexity index is 1160. The minimum absolute atomic E-state index is 0.115. The lowest BCUT2D eigenvalue weighted by molar-refractivity contribution is -0.140. The average molecular weight is 519 g/mol. The van der Waals surface area contributed by atoms with Crippen molar-refractivity contribution >= 4 is 11.8 Å². The number of ether oxygens (including phenoxy) is 3. The van der Waals surface area contributed by atoms with Crippen LogP contribution in [0, 0.1) is 0 Å². The van der Waals surface area contributed by atoms with Crippen LogP contribution in [0.15, 0.2) is 72.8 Å². The topological polar surface area (TPSA) is 77.1 Å². The second kappa shape index (κ2) is 14.7. The summed E-state index contributed by atoms with van der Waals surface area (Å²) in [5, 5.41) is 3.05. The van der Waals surface area contributed by atoms with E-state index in [0.717, 1.165) is 35.3 Å². The van der Waals surface area contributed by atoms with Crippen LogP contribution in [0.2, 0.25) is 0 Å². The van der Waals surface area contributed by atoms with Crippen molar-refractivity contribution in [1.29, 1.82) is 0 Å². The molecule has 0 unspecified atom stereocenters. The molecule has 0 fully saturated rings. The number of unbranched alkanes of at least 4 members (excludes halogenated alkanes) is 1. The molecule has 0 aliphatic carbocycles. The lowest BCUT2D eigenvalue weighted by Gasteiger charge is -2.32. The van der Waals surface area contributed by atoms with E-state index in [4.69, 9.17) is 14.2 Å². The molecule has 3 aromatic carbocycles. The van der Waals surface area contributed by atoms with Crippen molar-refractivity contribution in [3.63, 3.8) is 0 Å². The highest BCUT2D eigenvalue weighted by molar-refractivity contribution is 5.88. The number of benzene rings is 3. The van der Waals surface area contributed by atoms with Crippen molar-refractivity contribution in [3.8, 4) is 17.2 Å². The molecule has 7 heteroatoms. The number of carbonyl (C=O) groups excluding carboxylic acids is 2. The molecule has 3 aromatic rings. The molecule has 0 saturated carbocycles. The summed E-state index contributed by atoms with van der Waals surface area (Å²) >= 11 is 0. The van der Waals surface area contributed by atoms with Gasteiger partial charge in [-0.2, -0.15) is 0 Å². The summed E-state index contributed by atoms with van der Waals surface area (Å²) < 4.78 is 16.1. The molecule has 1 N–H and O–H groups in total. The van der Waals surface area contributed by atoms with Crippen LogP contribution in [0.1, 0.15) is 36.5 Å². The second-order valence-corrected chi connectivity index (χ2v) is 9.09. The summed E-state index contributed by atoms with van der Waals surface area (Å²) in [6, 6.07) is 22.1. The summed E-state index contributed by atoms with van der Waals surface area (Å²) in [6.07, 6.45) is 2.37. The smallest absolute Gasteiger partial charge is 0.243 e. The van der Waals surface area contributed by atoms with E-state index in [0.29, 0.717) is 24.5 Å². The molecule has 38 heavy (non-hydrogen) atoms. The van der Waals surface area contributed by atoms with Crippen molar-refractivity contribution in [1.82, 2.24) is 10.2 Å². The first-order valence-corrected chi connectivity index (χ1v) is 12.9. The third-order valence-electron chi connectivity index (χ3n) is 6.42. The summed E-state index contributed by atoms with van der Waals surface area (Å²) in [4.78, 5) is 29.1. The van der Waals surface area contributed by atoms with Gasteiger partial charge < -0.3 is 24.4 Å². The van der Waals surface area contributed by atoms with Crippen LogP contribution in [-0.2, 0) is 29.0 Å². The van der Waals surface area contributed by atoms with Gasteiger partial charge in [0, 0.05) is 19.5 Å². The Labute approximate surface area is 225 Å². The van der Waals surface area contributed by atoms with E-state index in [1.165, 1.54) is 0 Å². The Kier molecular flexibility index (Phi) is 11.0. The van der Waals surface area contributed by atoms with Crippen LogP contribution in [0.3, 0.4) is 0 Å². The van der Waals surface area contributed by atoms with E-state index >= 15 is 0 Å². The first-order valence-electron chi connectivity index (χ1n) is 12.9. The van der Waals surface area contributed by atoms with Crippen LogP contribution < -0.4 is 19.5 Å². The molecule has 1 atom stereocenters. The fourth-order valence-electron chi connectivity index (χ4n) is 4.25. The van der Waals surface area contributed by atoms with Crippen LogP contribution in [0.25, 0.3) is 0 Å². The molecular formula is C31H38N2O5. The fourth-order valence-corrected chi connectivity index (χ4v) is 4.25. The Balaban J connectivity index is 1.96. The molecule has 3 rings (SSSR count). The van der Waals surface area contributed by atoms with Gasteiger partial charge in [-0.25, -0.2) is 0 Å². The third-order valence-corrected chi connectivity index (χ3v) is 6.42. The Hall–Kier alpha value is -4.00. The molecule has 0 aromatic heterocycles. The highest BCUT2D eigenvalue weighted by Gasteiger charge is 2.30. The first-order chi connectivity index (χ1) is 18.5. The van der Waals surface area contributed by atoms with Gasteiger partial charge in [0.1, 0.15) is 11.8 Å². The zero-order valence-electron chi connectivity index (χ0n) is 22.7. The highest BCUT2D eigenvalue weighted by Crippen LogP contribution is 2.28. The van der Waals surface area contributed by atoms with E-state index in [2.05, 4.69) is 12.2 Å². The van der Waals surface area contributed by atoms with Crippen molar-refractivity contribution in [3.05, 3.63) is 89.5 Å². The third kappa shape index (κ3) is 8.00. The van der Waals surface area contributed by atoms with Crippen LogP contribution in [0.5, 0.6) is 17.2 Å². The van der Waals surface area contributed by atoms with E-state index in [-0.39, 0.29) is 24.8 Å². The lowest BCUT2D eigenvalue weighted by atomic mass is 10.0.